The molecule has 0 aromatic heterocycles. The van der Waals surface area contributed by atoms with Crippen molar-refractivity contribution in [2.75, 3.05) is 0 Å². The van der Waals surface area contributed by atoms with Crippen molar-refractivity contribution in [3.63, 3.8) is 0 Å². The van der Waals surface area contributed by atoms with E-state index in [0.29, 0.717) is 3.57 Å². The molecule has 0 nitrogen and oxygen atoms in total. The summed E-state index contributed by atoms with van der Waals surface area (Å²) in [6.45, 7) is 0. The molecule has 1 aromatic rings. The topological polar surface area (TPSA) is 0 Å². The van der Waals surface area contributed by atoms with Crippen LogP contribution in [-0.2, 0) is 0 Å². The molecule has 0 radical (unpaired) electrons. The fraction of sp³-hybridized carbons (Fsp3) is 0. The van der Waals surface area contributed by atoms with Crippen LogP contribution < -0.4 is 87.1 Å². The van der Waals surface area contributed by atoms with Crippen LogP contribution in [0.2, 0.25) is 0 Å². The average molecular weight is 658 g/mol. The third-order valence-corrected chi connectivity index (χ3v) is 8.56. The normalized spacial score (nSPS) is 11.7. The van der Waals surface area contributed by atoms with Gasteiger partial charge in [-0.25, -0.2) is 0 Å². The first-order chi connectivity index (χ1) is 6.76. The maximum atomic E-state index is 12.6. The molecule has 1 rings (SSSR count). The Morgan fingerprint density at radius 3 is 1.50 bits per heavy atom. The molecule has 0 saturated carbocycles. The molecular formula is C6H2F4I4-4. The van der Waals surface area contributed by atoms with E-state index in [2.05, 4.69) is 0 Å². The quantitative estimate of drug-likeness (QED) is 0.131. The SMILES string of the molecule is F[I-]c1cc([I-]F)c([I-]F)c([I-]F)c1. The third-order valence-electron chi connectivity index (χ3n) is 1.26. The molecule has 0 aliphatic heterocycles. The van der Waals surface area contributed by atoms with Gasteiger partial charge in [0.25, 0.3) is 0 Å². The van der Waals surface area contributed by atoms with Crippen LogP contribution in [0.4, 0.5) is 11.4 Å². The predicted molar refractivity (Wildman–Crippen MR) is 25.7 cm³/mol. The van der Waals surface area contributed by atoms with Crippen molar-refractivity contribution in [1.29, 1.82) is 0 Å². The van der Waals surface area contributed by atoms with E-state index in [-0.39, 0.29) is 10.7 Å². The van der Waals surface area contributed by atoms with E-state index >= 15 is 0 Å². The fourth-order valence-corrected chi connectivity index (χ4v) is 7.92. The second kappa shape index (κ2) is 7.24. The van der Waals surface area contributed by atoms with Gasteiger partial charge in [-0.15, -0.1) is 0 Å². The molecule has 0 saturated heterocycles. The first-order valence-electron chi connectivity index (χ1n) is 2.98. The van der Waals surface area contributed by atoms with Gasteiger partial charge < -0.3 is 0 Å². The average Bonchev–Trinajstić information content (AvgIpc) is 2.26. The second-order valence-corrected chi connectivity index (χ2v) is 8.25. The number of benzene rings is 1. The Morgan fingerprint density at radius 1 is 0.714 bits per heavy atom. The fourth-order valence-electron chi connectivity index (χ4n) is 0.738. The minimum absolute atomic E-state index is 0.232. The summed E-state index contributed by atoms with van der Waals surface area (Å²) < 4.78 is 51.2. The van der Waals surface area contributed by atoms with Crippen molar-refractivity contribution in [2.45, 2.75) is 0 Å². The molecule has 86 valence electrons. The molecule has 1 aromatic carbocycles. The second-order valence-electron chi connectivity index (χ2n) is 1.97. The van der Waals surface area contributed by atoms with Crippen LogP contribution in [0, 0.1) is 14.3 Å². The molecule has 0 spiro atoms. The van der Waals surface area contributed by atoms with Crippen molar-refractivity contribution >= 4 is 0 Å². The van der Waals surface area contributed by atoms with Gasteiger partial charge in [0.2, 0.25) is 0 Å². The summed E-state index contributed by atoms with van der Waals surface area (Å²) in [4.78, 5) is 0. The Bertz CT molecular complexity index is 294. The Labute approximate surface area is 123 Å². The summed E-state index contributed by atoms with van der Waals surface area (Å²) in [6.07, 6.45) is 0. The summed E-state index contributed by atoms with van der Waals surface area (Å²) in [5.74, 6) is 0. The van der Waals surface area contributed by atoms with E-state index in [1.54, 1.807) is 0 Å². The van der Waals surface area contributed by atoms with E-state index in [1.807, 2.05) is 0 Å². The first kappa shape index (κ1) is 13.9. The number of hydrogen-bond donors (Lipinski definition) is 0. The van der Waals surface area contributed by atoms with E-state index in [4.69, 9.17) is 0 Å². The monoisotopic (exact) mass is 658 g/mol. The molecule has 0 atom stereocenters. The minimum atomic E-state index is -1.80. The zero-order valence-corrected chi connectivity index (χ0v) is 14.8. The molecule has 0 aliphatic rings. The van der Waals surface area contributed by atoms with E-state index < -0.39 is 87.1 Å². The van der Waals surface area contributed by atoms with Gasteiger partial charge in [0.15, 0.2) is 0 Å². The zero-order chi connectivity index (χ0) is 10.6. The van der Waals surface area contributed by atoms with Crippen molar-refractivity contribution in [3.8, 4) is 0 Å². The standard InChI is InChI=1S/C6H2F4I4/c7-11-3-1-4(12-8)6(14-10)5(2-3)13-9/h1-2H/q-4. The molecule has 8 heteroatoms. The van der Waals surface area contributed by atoms with Gasteiger partial charge in [0, 0.05) is 0 Å². The van der Waals surface area contributed by atoms with E-state index in [0.717, 1.165) is 0 Å². The molecule has 0 fully saturated rings. The summed E-state index contributed by atoms with van der Waals surface area (Å²) in [5.41, 5.74) is 0. The molecule has 14 heavy (non-hydrogen) atoms. The molecule has 0 bridgehead atoms. The van der Waals surface area contributed by atoms with Gasteiger partial charge in [-0.2, -0.15) is 0 Å². The van der Waals surface area contributed by atoms with Crippen molar-refractivity contribution in [2.24, 2.45) is 0 Å². The van der Waals surface area contributed by atoms with Crippen LogP contribution in [0.3, 0.4) is 0 Å². The summed E-state index contributed by atoms with van der Waals surface area (Å²) in [5, 5.41) is 0. The Morgan fingerprint density at radius 2 is 1.21 bits per heavy atom. The molecule has 0 aliphatic carbocycles. The van der Waals surface area contributed by atoms with Gasteiger partial charge in [0.1, 0.15) is 0 Å². The molecule has 0 unspecified atom stereocenters. The molecular weight excluding hydrogens is 656 g/mol. The van der Waals surface area contributed by atoms with Crippen LogP contribution in [0.5, 0.6) is 0 Å². The molecule has 0 amide bonds. The van der Waals surface area contributed by atoms with Crippen molar-refractivity contribution in [3.05, 3.63) is 26.4 Å². The van der Waals surface area contributed by atoms with Crippen LogP contribution in [-0.4, -0.2) is 0 Å². The van der Waals surface area contributed by atoms with E-state index in [9.17, 15) is 11.4 Å². The van der Waals surface area contributed by atoms with Crippen LogP contribution in [0.1, 0.15) is 0 Å². The van der Waals surface area contributed by atoms with Crippen LogP contribution >= 0.6 is 0 Å². The third kappa shape index (κ3) is 3.43. The van der Waals surface area contributed by atoms with Crippen molar-refractivity contribution in [1.82, 2.24) is 0 Å². The van der Waals surface area contributed by atoms with Gasteiger partial charge >= 0.3 is 125 Å². The molecule has 0 heterocycles. The summed E-state index contributed by atoms with van der Waals surface area (Å²) in [7, 11) is 0. The Balaban J connectivity index is 3.24. The van der Waals surface area contributed by atoms with Crippen molar-refractivity contribution < 1.29 is 98.6 Å². The summed E-state index contributed by atoms with van der Waals surface area (Å²) in [6, 6.07) is 2.75. The number of halogens is 8. The van der Waals surface area contributed by atoms with Gasteiger partial charge in [-0.05, 0) is 0 Å². The Kier molecular flexibility index (Phi) is 7.20. The van der Waals surface area contributed by atoms with Crippen LogP contribution in [0.25, 0.3) is 0 Å². The van der Waals surface area contributed by atoms with Gasteiger partial charge in [-0.1, -0.05) is 0 Å². The zero-order valence-electron chi connectivity index (χ0n) is 6.18. The number of rotatable bonds is 4. The van der Waals surface area contributed by atoms with Crippen LogP contribution in [0.15, 0.2) is 12.1 Å². The van der Waals surface area contributed by atoms with Gasteiger partial charge in [0.05, 0.1) is 0 Å². The van der Waals surface area contributed by atoms with E-state index in [1.165, 1.54) is 12.1 Å². The first-order valence-corrected chi connectivity index (χ1v) is 10.6. The molecule has 0 N–H and O–H groups in total. The Hall–Kier alpha value is 1.86. The summed E-state index contributed by atoms with van der Waals surface area (Å²) >= 11 is -7.01. The number of hydrogen-bond acceptors (Lipinski definition) is 0. The maximum absolute atomic E-state index is 12.6. The van der Waals surface area contributed by atoms with Gasteiger partial charge in [-0.3, -0.25) is 0 Å². The predicted octanol–water partition coefficient (Wildman–Crippen LogP) is -9.74.